The Bertz CT molecular complexity index is 381. The van der Waals surface area contributed by atoms with Crippen LogP contribution in [0.2, 0.25) is 0 Å². The number of thiocarbonyl (C=S) groups is 1. The van der Waals surface area contributed by atoms with Crippen LogP contribution in [0.15, 0.2) is 30.3 Å². The molecular formula is C12H16N2O2S. The summed E-state index contributed by atoms with van der Waals surface area (Å²) in [6.07, 6.45) is 0. The van der Waals surface area contributed by atoms with Gasteiger partial charge in [-0.25, -0.2) is 0 Å². The van der Waals surface area contributed by atoms with Crippen molar-refractivity contribution in [2.75, 3.05) is 13.2 Å². The lowest BCUT2D eigenvalue weighted by molar-refractivity contribution is -0.122. The number of para-hydroxylation sites is 1. The van der Waals surface area contributed by atoms with E-state index in [0.29, 0.717) is 13.2 Å². The second-order valence-electron chi connectivity index (χ2n) is 3.58. The molecular weight excluding hydrogens is 236 g/mol. The van der Waals surface area contributed by atoms with Gasteiger partial charge in [-0.05, 0) is 19.1 Å². The molecule has 4 nitrogen and oxygen atoms in total. The van der Waals surface area contributed by atoms with Gasteiger partial charge in [-0.15, -0.1) is 0 Å². The summed E-state index contributed by atoms with van der Waals surface area (Å²) in [5.74, 6) is 0.167. The molecule has 17 heavy (non-hydrogen) atoms. The lowest BCUT2D eigenvalue weighted by atomic mass is 10.2. The minimum atomic E-state index is -0.443. The van der Waals surface area contributed by atoms with Crippen molar-refractivity contribution in [3.8, 4) is 5.75 Å². The molecule has 0 bridgehead atoms. The Hall–Kier alpha value is -1.62. The van der Waals surface area contributed by atoms with Crippen LogP contribution in [0.5, 0.6) is 5.75 Å². The highest BCUT2D eigenvalue weighted by molar-refractivity contribution is 7.80. The minimum absolute atomic E-state index is 0.172. The van der Waals surface area contributed by atoms with Gasteiger partial charge in [0.15, 0.2) is 0 Å². The third-order valence-electron chi connectivity index (χ3n) is 2.23. The Balaban J connectivity index is 2.21. The monoisotopic (exact) mass is 252 g/mol. The summed E-state index contributed by atoms with van der Waals surface area (Å²) in [6, 6.07) is 9.42. The van der Waals surface area contributed by atoms with Crippen molar-refractivity contribution >= 4 is 23.1 Å². The smallest absolute Gasteiger partial charge is 0.229 e. The number of amides is 1. The van der Waals surface area contributed by atoms with Crippen molar-refractivity contribution in [1.29, 1.82) is 0 Å². The molecule has 0 aliphatic heterocycles. The first-order valence-corrected chi connectivity index (χ1v) is 5.77. The maximum atomic E-state index is 11.5. The molecule has 0 heterocycles. The van der Waals surface area contributed by atoms with E-state index in [2.05, 4.69) is 5.32 Å². The van der Waals surface area contributed by atoms with Crippen LogP contribution in [-0.4, -0.2) is 24.0 Å². The Morgan fingerprint density at radius 2 is 2.12 bits per heavy atom. The molecule has 92 valence electrons. The van der Waals surface area contributed by atoms with E-state index in [9.17, 15) is 4.79 Å². The summed E-state index contributed by atoms with van der Waals surface area (Å²) in [6.45, 7) is 2.52. The summed E-state index contributed by atoms with van der Waals surface area (Å²) in [5, 5.41) is 2.70. The van der Waals surface area contributed by atoms with Crippen LogP contribution >= 0.6 is 12.2 Å². The number of hydrogen-bond acceptors (Lipinski definition) is 3. The lowest BCUT2D eigenvalue weighted by Gasteiger charge is -2.11. The average Bonchev–Trinajstić information content (AvgIpc) is 2.34. The van der Waals surface area contributed by atoms with E-state index in [-0.39, 0.29) is 10.9 Å². The quantitative estimate of drug-likeness (QED) is 0.588. The fourth-order valence-electron chi connectivity index (χ4n) is 1.14. The maximum Gasteiger partial charge on any atom is 0.229 e. The van der Waals surface area contributed by atoms with Crippen LogP contribution in [-0.2, 0) is 4.79 Å². The van der Waals surface area contributed by atoms with Crippen molar-refractivity contribution in [1.82, 2.24) is 5.32 Å². The topological polar surface area (TPSA) is 64.3 Å². The highest BCUT2D eigenvalue weighted by Gasteiger charge is 2.14. The zero-order valence-corrected chi connectivity index (χ0v) is 10.5. The molecule has 1 aromatic carbocycles. The molecule has 5 heteroatoms. The summed E-state index contributed by atoms with van der Waals surface area (Å²) in [4.78, 5) is 11.7. The van der Waals surface area contributed by atoms with E-state index in [4.69, 9.17) is 22.7 Å². The Labute approximate surface area is 106 Å². The number of ether oxygens (including phenoxy) is 1. The number of nitrogens with one attached hydrogen (secondary N) is 1. The van der Waals surface area contributed by atoms with Crippen LogP contribution in [0.3, 0.4) is 0 Å². The van der Waals surface area contributed by atoms with E-state index in [1.807, 2.05) is 30.3 Å². The van der Waals surface area contributed by atoms with Crippen LogP contribution in [0.4, 0.5) is 0 Å². The Morgan fingerprint density at radius 3 is 2.71 bits per heavy atom. The van der Waals surface area contributed by atoms with Gasteiger partial charge in [0.05, 0.1) is 17.5 Å². The first kappa shape index (κ1) is 13.4. The first-order chi connectivity index (χ1) is 8.11. The van der Waals surface area contributed by atoms with Crippen LogP contribution < -0.4 is 15.8 Å². The molecule has 0 saturated carbocycles. The van der Waals surface area contributed by atoms with Crippen LogP contribution in [0, 0.1) is 5.92 Å². The van der Waals surface area contributed by atoms with Crippen LogP contribution in [0.25, 0.3) is 0 Å². The highest BCUT2D eigenvalue weighted by atomic mass is 32.1. The molecule has 1 atom stereocenters. The van der Waals surface area contributed by atoms with E-state index in [1.54, 1.807) is 6.92 Å². The second-order valence-corrected chi connectivity index (χ2v) is 4.05. The zero-order chi connectivity index (χ0) is 12.7. The van der Waals surface area contributed by atoms with Crippen molar-refractivity contribution in [2.45, 2.75) is 6.92 Å². The van der Waals surface area contributed by atoms with Crippen molar-refractivity contribution in [3.63, 3.8) is 0 Å². The Kier molecular flexibility index (Phi) is 5.42. The van der Waals surface area contributed by atoms with E-state index in [0.717, 1.165) is 5.75 Å². The third-order valence-corrected chi connectivity index (χ3v) is 2.59. The minimum Gasteiger partial charge on any atom is -0.492 e. The van der Waals surface area contributed by atoms with Crippen molar-refractivity contribution < 1.29 is 9.53 Å². The standard InChI is InChI=1S/C12H16N2O2S/c1-9(11(13)17)12(15)14-7-8-16-10-5-3-2-4-6-10/h2-6,9H,7-8H2,1H3,(H2,13,17)(H,14,15). The van der Waals surface area contributed by atoms with Gasteiger partial charge in [0.25, 0.3) is 0 Å². The second kappa shape index (κ2) is 6.85. The number of benzene rings is 1. The normalized spacial score (nSPS) is 11.6. The van der Waals surface area contributed by atoms with Gasteiger partial charge in [0.2, 0.25) is 5.91 Å². The van der Waals surface area contributed by atoms with Gasteiger partial charge < -0.3 is 15.8 Å². The van der Waals surface area contributed by atoms with Gasteiger partial charge in [-0.1, -0.05) is 30.4 Å². The first-order valence-electron chi connectivity index (χ1n) is 5.36. The highest BCUT2D eigenvalue weighted by Crippen LogP contribution is 2.07. The van der Waals surface area contributed by atoms with E-state index in [1.165, 1.54) is 0 Å². The molecule has 0 radical (unpaired) electrons. The van der Waals surface area contributed by atoms with Gasteiger partial charge >= 0.3 is 0 Å². The number of carbonyl (C=O) groups is 1. The fraction of sp³-hybridized carbons (Fsp3) is 0.333. The van der Waals surface area contributed by atoms with Gasteiger partial charge in [-0.3, -0.25) is 4.79 Å². The molecule has 0 aliphatic rings. The summed E-state index contributed by atoms with van der Waals surface area (Å²) in [5.41, 5.74) is 5.37. The lowest BCUT2D eigenvalue weighted by Crippen LogP contribution is -2.37. The molecule has 1 unspecified atom stereocenters. The van der Waals surface area contributed by atoms with Crippen molar-refractivity contribution in [2.24, 2.45) is 11.7 Å². The molecule has 3 N–H and O–H groups in total. The summed E-state index contributed by atoms with van der Waals surface area (Å²) >= 11 is 4.74. The fourth-order valence-corrected chi connectivity index (χ4v) is 1.25. The predicted molar refractivity (Wildman–Crippen MR) is 70.9 cm³/mol. The largest absolute Gasteiger partial charge is 0.492 e. The molecule has 0 fully saturated rings. The number of nitrogens with two attached hydrogens (primary N) is 1. The molecule has 0 aromatic heterocycles. The predicted octanol–water partition coefficient (Wildman–Crippen LogP) is 1.10. The van der Waals surface area contributed by atoms with Gasteiger partial charge in [0.1, 0.15) is 12.4 Å². The van der Waals surface area contributed by atoms with Gasteiger partial charge in [0, 0.05) is 0 Å². The number of carbonyl (C=O) groups excluding carboxylic acids is 1. The van der Waals surface area contributed by atoms with Gasteiger partial charge in [-0.2, -0.15) is 0 Å². The third kappa shape index (κ3) is 4.82. The van der Waals surface area contributed by atoms with E-state index < -0.39 is 5.92 Å². The number of rotatable bonds is 6. The van der Waals surface area contributed by atoms with Crippen LogP contribution in [0.1, 0.15) is 6.92 Å². The molecule has 0 spiro atoms. The molecule has 0 saturated heterocycles. The number of hydrogen-bond donors (Lipinski definition) is 2. The SMILES string of the molecule is CC(C(=O)NCCOc1ccccc1)C(N)=S. The molecule has 0 aliphatic carbocycles. The average molecular weight is 252 g/mol. The molecule has 1 aromatic rings. The van der Waals surface area contributed by atoms with E-state index >= 15 is 0 Å². The summed E-state index contributed by atoms with van der Waals surface area (Å²) < 4.78 is 5.42. The molecule has 1 amide bonds. The zero-order valence-electron chi connectivity index (χ0n) is 9.68. The Morgan fingerprint density at radius 1 is 1.47 bits per heavy atom. The molecule has 1 rings (SSSR count). The summed E-state index contributed by atoms with van der Waals surface area (Å²) in [7, 11) is 0. The van der Waals surface area contributed by atoms with Crippen molar-refractivity contribution in [3.05, 3.63) is 30.3 Å². The maximum absolute atomic E-state index is 11.5.